The van der Waals surface area contributed by atoms with Gasteiger partial charge >= 0.3 is 0 Å². The zero-order valence-electron chi connectivity index (χ0n) is 10.5. The van der Waals surface area contributed by atoms with Gasteiger partial charge in [0, 0.05) is 6.42 Å². The summed E-state index contributed by atoms with van der Waals surface area (Å²) in [6.45, 7) is 1.77. The summed E-state index contributed by atoms with van der Waals surface area (Å²) in [5, 5.41) is 9.75. The second-order valence-corrected chi connectivity index (χ2v) is 3.68. The van der Waals surface area contributed by atoms with E-state index in [0.29, 0.717) is 24.3 Å². The fourth-order valence-electron chi connectivity index (χ4n) is 1.57. The third-order valence-electron chi connectivity index (χ3n) is 2.43. The lowest BCUT2D eigenvalue weighted by Gasteiger charge is -2.11. The first-order valence-corrected chi connectivity index (χ1v) is 5.49. The standard InChI is InChI=1S/C14H18O3/c1-4-5-6-12(15)9-11-7-8-13(16-2)14(10-11)17-3/h7-8,10,12,15H,6,9H2,1-3H3. The van der Waals surface area contributed by atoms with Crippen molar-refractivity contribution in [2.24, 2.45) is 0 Å². The maximum absolute atomic E-state index is 9.75. The highest BCUT2D eigenvalue weighted by molar-refractivity contribution is 5.43. The van der Waals surface area contributed by atoms with Gasteiger partial charge in [-0.25, -0.2) is 0 Å². The van der Waals surface area contributed by atoms with Crippen molar-refractivity contribution in [1.82, 2.24) is 0 Å². The minimum Gasteiger partial charge on any atom is -0.493 e. The Balaban J connectivity index is 2.74. The number of ether oxygens (including phenoxy) is 2. The van der Waals surface area contributed by atoms with Crippen LogP contribution in [0.3, 0.4) is 0 Å². The van der Waals surface area contributed by atoms with Gasteiger partial charge < -0.3 is 14.6 Å². The molecule has 17 heavy (non-hydrogen) atoms. The molecule has 0 fully saturated rings. The van der Waals surface area contributed by atoms with Crippen LogP contribution in [0.25, 0.3) is 0 Å². The van der Waals surface area contributed by atoms with Crippen molar-refractivity contribution >= 4 is 0 Å². The minimum absolute atomic E-state index is 0.444. The summed E-state index contributed by atoms with van der Waals surface area (Å²) in [5.41, 5.74) is 1.01. The summed E-state index contributed by atoms with van der Waals surface area (Å²) < 4.78 is 10.4. The molecule has 0 aliphatic rings. The number of rotatable bonds is 5. The Kier molecular flexibility index (Phi) is 5.38. The summed E-state index contributed by atoms with van der Waals surface area (Å²) in [5.74, 6) is 7.01. The zero-order valence-corrected chi connectivity index (χ0v) is 10.5. The Morgan fingerprint density at radius 3 is 2.53 bits per heavy atom. The van der Waals surface area contributed by atoms with Crippen molar-refractivity contribution in [1.29, 1.82) is 0 Å². The van der Waals surface area contributed by atoms with E-state index in [4.69, 9.17) is 9.47 Å². The Hall–Kier alpha value is -1.66. The van der Waals surface area contributed by atoms with Crippen molar-refractivity contribution in [2.45, 2.75) is 25.9 Å². The van der Waals surface area contributed by atoms with Crippen LogP contribution < -0.4 is 9.47 Å². The van der Waals surface area contributed by atoms with Crippen molar-refractivity contribution in [3.63, 3.8) is 0 Å². The lowest BCUT2D eigenvalue weighted by atomic mass is 10.1. The first-order chi connectivity index (χ1) is 8.21. The highest BCUT2D eigenvalue weighted by Crippen LogP contribution is 2.28. The quantitative estimate of drug-likeness (QED) is 0.792. The SMILES string of the molecule is CC#CCC(O)Cc1ccc(OC)c(OC)c1. The summed E-state index contributed by atoms with van der Waals surface area (Å²) >= 11 is 0. The molecule has 0 aromatic heterocycles. The van der Waals surface area contributed by atoms with Gasteiger partial charge in [-0.1, -0.05) is 6.07 Å². The van der Waals surface area contributed by atoms with Crippen LogP contribution in [0.2, 0.25) is 0 Å². The van der Waals surface area contributed by atoms with Crippen LogP contribution in [0.5, 0.6) is 11.5 Å². The van der Waals surface area contributed by atoms with Gasteiger partial charge in [-0.3, -0.25) is 0 Å². The van der Waals surface area contributed by atoms with Crippen molar-refractivity contribution in [2.75, 3.05) is 14.2 Å². The van der Waals surface area contributed by atoms with Gasteiger partial charge in [0.05, 0.1) is 20.3 Å². The van der Waals surface area contributed by atoms with Crippen LogP contribution in [0, 0.1) is 11.8 Å². The van der Waals surface area contributed by atoms with E-state index in [9.17, 15) is 5.11 Å². The van der Waals surface area contributed by atoms with Gasteiger partial charge in [0.25, 0.3) is 0 Å². The van der Waals surface area contributed by atoms with Gasteiger partial charge in [-0.15, -0.1) is 11.8 Å². The molecule has 0 amide bonds. The van der Waals surface area contributed by atoms with E-state index in [2.05, 4.69) is 11.8 Å². The molecular formula is C14H18O3. The Labute approximate surface area is 102 Å². The van der Waals surface area contributed by atoms with Crippen LogP contribution in [-0.2, 0) is 6.42 Å². The second kappa shape index (κ2) is 6.82. The molecule has 1 rings (SSSR count). The molecule has 0 aliphatic carbocycles. The lowest BCUT2D eigenvalue weighted by Crippen LogP contribution is -2.09. The predicted molar refractivity (Wildman–Crippen MR) is 67.3 cm³/mol. The molecule has 0 radical (unpaired) electrons. The summed E-state index contributed by atoms with van der Waals surface area (Å²) in [4.78, 5) is 0. The minimum atomic E-state index is -0.444. The topological polar surface area (TPSA) is 38.7 Å². The second-order valence-electron chi connectivity index (χ2n) is 3.68. The smallest absolute Gasteiger partial charge is 0.160 e. The number of benzene rings is 1. The summed E-state index contributed by atoms with van der Waals surface area (Å²) in [7, 11) is 3.20. The van der Waals surface area contributed by atoms with Crippen LogP contribution in [0.15, 0.2) is 18.2 Å². The Bertz CT molecular complexity index is 415. The summed E-state index contributed by atoms with van der Waals surface area (Å²) in [6.07, 6.45) is 0.612. The molecule has 92 valence electrons. The van der Waals surface area contributed by atoms with Gasteiger partial charge in [0.1, 0.15) is 0 Å². The molecule has 1 atom stereocenters. The van der Waals surface area contributed by atoms with Crippen molar-refractivity contribution in [3.8, 4) is 23.3 Å². The van der Waals surface area contributed by atoms with Crippen LogP contribution in [0.4, 0.5) is 0 Å². The Morgan fingerprint density at radius 1 is 1.24 bits per heavy atom. The Morgan fingerprint density at radius 2 is 1.94 bits per heavy atom. The van der Waals surface area contributed by atoms with Crippen molar-refractivity contribution < 1.29 is 14.6 Å². The number of aliphatic hydroxyl groups is 1. The molecule has 3 nitrogen and oxygen atoms in total. The monoisotopic (exact) mass is 234 g/mol. The molecular weight excluding hydrogens is 216 g/mol. The van der Waals surface area contributed by atoms with E-state index in [1.807, 2.05) is 18.2 Å². The third-order valence-corrected chi connectivity index (χ3v) is 2.43. The van der Waals surface area contributed by atoms with E-state index < -0.39 is 6.10 Å². The molecule has 0 spiro atoms. The average Bonchev–Trinajstić information content (AvgIpc) is 2.36. The van der Waals surface area contributed by atoms with E-state index in [0.717, 1.165) is 5.56 Å². The van der Waals surface area contributed by atoms with E-state index in [1.54, 1.807) is 21.1 Å². The molecule has 0 saturated heterocycles. The van der Waals surface area contributed by atoms with E-state index in [-0.39, 0.29) is 0 Å². The average molecular weight is 234 g/mol. The molecule has 0 aliphatic heterocycles. The first kappa shape index (κ1) is 13.4. The zero-order chi connectivity index (χ0) is 12.7. The van der Waals surface area contributed by atoms with Gasteiger partial charge in [-0.05, 0) is 31.0 Å². The number of aliphatic hydroxyl groups excluding tert-OH is 1. The molecule has 1 aromatic carbocycles. The van der Waals surface area contributed by atoms with Gasteiger partial charge in [0.15, 0.2) is 11.5 Å². The molecule has 0 bridgehead atoms. The molecule has 1 unspecified atom stereocenters. The summed E-state index contributed by atoms with van der Waals surface area (Å²) in [6, 6.07) is 5.64. The maximum Gasteiger partial charge on any atom is 0.160 e. The highest BCUT2D eigenvalue weighted by Gasteiger charge is 2.08. The van der Waals surface area contributed by atoms with E-state index in [1.165, 1.54) is 0 Å². The maximum atomic E-state index is 9.75. The number of methoxy groups -OCH3 is 2. The van der Waals surface area contributed by atoms with Crippen molar-refractivity contribution in [3.05, 3.63) is 23.8 Å². The van der Waals surface area contributed by atoms with Gasteiger partial charge in [-0.2, -0.15) is 0 Å². The third kappa shape index (κ3) is 4.01. The van der Waals surface area contributed by atoms with Crippen LogP contribution in [-0.4, -0.2) is 25.4 Å². The number of hydrogen-bond acceptors (Lipinski definition) is 3. The fourth-order valence-corrected chi connectivity index (χ4v) is 1.57. The molecule has 0 heterocycles. The van der Waals surface area contributed by atoms with Crippen LogP contribution in [0.1, 0.15) is 18.9 Å². The molecule has 3 heteroatoms. The van der Waals surface area contributed by atoms with E-state index >= 15 is 0 Å². The van der Waals surface area contributed by atoms with Gasteiger partial charge in [0.2, 0.25) is 0 Å². The molecule has 0 saturated carbocycles. The van der Waals surface area contributed by atoms with Crippen LogP contribution >= 0.6 is 0 Å². The highest BCUT2D eigenvalue weighted by atomic mass is 16.5. The molecule has 1 aromatic rings. The predicted octanol–water partition coefficient (Wildman–Crippen LogP) is 2.02. The largest absolute Gasteiger partial charge is 0.493 e. The molecule has 1 N–H and O–H groups in total. The first-order valence-electron chi connectivity index (χ1n) is 5.49. The fraction of sp³-hybridized carbons (Fsp3) is 0.429. The normalized spacial score (nSPS) is 11.3. The number of hydrogen-bond donors (Lipinski definition) is 1. The lowest BCUT2D eigenvalue weighted by molar-refractivity contribution is 0.180.